The number of fused-ring (bicyclic) bond motifs is 1. The molecule has 0 atom stereocenters. The Morgan fingerprint density at radius 2 is 1.76 bits per heavy atom. The molecule has 0 spiro atoms. The van der Waals surface area contributed by atoms with Crippen LogP contribution in [0.4, 0.5) is 5.69 Å². The third-order valence-electron chi connectivity index (χ3n) is 5.08. The molecule has 0 unspecified atom stereocenters. The van der Waals surface area contributed by atoms with Gasteiger partial charge in [-0.25, -0.2) is 4.98 Å². The predicted molar refractivity (Wildman–Crippen MR) is 116 cm³/mol. The molecule has 5 nitrogen and oxygen atoms in total. The first-order valence-electron chi connectivity index (χ1n) is 9.58. The number of nitrogen functional groups attached to an aromatic ring is 1. The highest BCUT2D eigenvalue weighted by molar-refractivity contribution is 5.86. The van der Waals surface area contributed by atoms with Gasteiger partial charge in [-0.3, -0.25) is 0 Å². The Morgan fingerprint density at radius 1 is 0.966 bits per heavy atom. The van der Waals surface area contributed by atoms with Crippen LogP contribution in [0.15, 0.2) is 60.8 Å². The fraction of sp³-hybridized carbons (Fsp3) is 0.208. The van der Waals surface area contributed by atoms with Crippen LogP contribution in [0.2, 0.25) is 0 Å². The summed E-state index contributed by atoms with van der Waals surface area (Å²) in [7, 11) is 0. The van der Waals surface area contributed by atoms with Crippen molar-refractivity contribution in [1.29, 1.82) is 0 Å². The van der Waals surface area contributed by atoms with Crippen LogP contribution in [0.5, 0.6) is 11.5 Å². The molecule has 29 heavy (non-hydrogen) atoms. The van der Waals surface area contributed by atoms with Gasteiger partial charge in [-0.15, -0.1) is 0 Å². The van der Waals surface area contributed by atoms with E-state index < -0.39 is 0 Å². The molecule has 2 aliphatic rings. The van der Waals surface area contributed by atoms with Crippen LogP contribution in [-0.2, 0) is 5.41 Å². The zero-order valence-corrected chi connectivity index (χ0v) is 17.1. The number of hydrogen-bond acceptors (Lipinski definition) is 4. The molecule has 2 heterocycles. The normalized spacial score (nSPS) is 11.7. The fourth-order valence-corrected chi connectivity index (χ4v) is 3.44. The maximum Gasteiger partial charge on any atom is 0.176 e. The van der Waals surface area contributed by atoms with Crippen molar-refractivity contribution >= 4 is 5.69 Å². The third-order valence-corrected chi connectivity index (χ3v) is 5.08. The lowest BCUT2D eigenvalue weighted by atomic mass is 9.87. The number of nitrogens with zero attached hydrogens (tertiary/aromatic N) is 2. The van der Waals surface area contributed by atoms with E-state index in [2.05, 4.69) is 37.9 Å². The number of hydrogen-bond donors (Lipinski definition) is 2. The van der Waals surface area contributed by atoms with Crippen LogP contribution in [0.25, 0.3) is 22.5 Å². The molecule has 0 amide bonds. The van der Waals surface area contributed by atoms with Gasteiger partial charge in [-0.2, -0.15) is 4.73 Å². The summed E-state index contributed by atoms with van der Waals surface area (Å²) in [5.41, 5.74) is 11.2. The van der Waals surface area contributed by atoms with Crippen LogP contribution in [0.3, 0.4) is 0 Å². The number of anilines is 1. The van der Waals surface area contributed by atoms with Crippen LogP contribution in [0.1, 0.15) is 32.0 Å². The van der Waals surface area contributed by atoms with Crippen molar-refractivity contribution in [3.05, 3.63) is 72.1 Å². The van der Waals surface area contributed by atoms with Crippen molar-refractivity contribution in [2.24, 2.45) is 0 Å². The molecule has 0 aromatic heterocycles. The standard InChI is InChI=1S/C24H25N3O2/c1-15-12-20(19-10-11-26-23(19)27(15)28)21-14-17(25)8-9-22(21)29-18-7-5-6-16(13-18)24(2,3)4/h5-14,28H,25H2,1-4H3. The van der Waals surface area contributed by atoms with Crippen molar-refractivity contribution in [2.75, 3.05) is 5.73 Å². The number of rotatable bonds is 3. The van der Waals surface area contributed by atoms with Crippen LogP contribution in [0, 0.1) is 6.92 Å². The molecular formula is C24H25N3O2. The van der Waals surface area contributed by atoms with Gasteiger partial charge in [0.2, 0.25) is 0 Å². The molecule has 0 fully saturated rings. The molecular weight excluding hydrogens is 362 g/mol. The van der Waals surface area contributed by atoms with E-state index in [4.69, 9.17) is 10.5 Å². The van der Waals surface area contributed by atoms with Crippen molar-refractivity contribution in [2.45, 2.75) is 33.1 Å². The monoisotopic (exact) mass is 387 g/mol. The lowest BCUT2D eigenvalue weighted by Crippen LogP contribution is -2.10. The number of pyridine rings is 1. The van der Waals surface area contributed by atoms with Gasteiger partial charge in [-0.1, -0.05) is 32.9 Å². The van der Waals surface area contributed by atoms with E-state index in [9.17, 15) is 5.21 Å². The van der Waals surface area contributed by atoms with E-state index in [1.807, 2.05) is 49.4 Å². The molecule has 2 aromatic carbocycles. The molecule has 4 rings (SSSR count). The van der Waals surface area contributed by atoms with Crippen molar-refractivity contribution in [1.82, 2.24) is 9.71 Å². The minimum Gasteiger partial charge on any atom is -0.457 e. The van der Waals surface area contributed by atoms with Crippen LogP contribution in [-0.4, -0.2) is 14.9 Å². The summed E-state index contributed by atoms with van der Waals surface area (Å²) in [6.07, 6.45) is 1.68. The molecule has 5 heteroatoms. The van der Waals surface area contributed by atoms with Gasteiger partial charge in [-0.05, 0) is 65.9 Å². The highest BCUT2D eigenvalue weighted by Crippen LogP contribution is 2.41. The van der Waals surface area contributed by atoms with Gasteiger partial charge in [0.15, 0.2) is 5.82 Å². The van der Waals surface area contributed by atoms with E-state index in [1.165, 1.54) is 5.56 Å². The number of nitrogens with two attached hydrogens (primary N) is 1. The second-order valence-corrected chi connectivity index (χ2v) is 8.33. The summed E-state index contributed by atoms with van der Waals surface area (Å²) in [4.78, 5) is 4.28. The molecule has 0 saturated heterocycles. The largest absolute Gasteiger partial charge is 0.457 e. The Balaban J connectivity index is 1.83. The van der Waals surface area contributed by atoms with Gasteiger partial charge >= 0.3 is 0 Å². The van der Waals surface area contributed by atoms with Crippen molar-refractivity contribution in [3.8, 4) is 34.0 Å². The summed E-state index contributed by atoms with van der Waals surface area (Å²) >= 11 is 0. The predicted octanol–water partition coefficient (Wildman–Crippen LogP) is 5.87. The van der Waals surface area contributed by atoms with E-state index >= 15 is 0 Å². The zero-order valence-electron chi connectivity index (χ0n) is 17.1. The van der Waals surface area contributed by atoms with E-state index in [0.29, 0.717) is 23.0 Å². The summed E-state index contributed by atoms with van der Waals surface area (Å²) in [6, 6.07) is 17.5. The average Bonchev–Trinajstić information content (AvgIpc) is 3.16. The number of benzene rings is 2. The lowest BCUT2D eigenvalue weighted by molar-refractivity contribution is 0.180. The second-order valence-electron chi connectivity index (χ2n) is 8.33. The number of aromatic nitrogens is 2. The highest BCUT2D eigenvalue weighted by atomic mass is 16.5. The Kier molecular flexibility index (Phi) is 4.46. The zero-order chi connectivity index (χ0) is 20.8. The lowest BCUT2D eigenvalue weighted by Gasteiger charge is -2.21. The smallest absolute Gasteiger partial charge is 0.176 e. The minimum atomic E-state index is 0.0295. The van der Waals surface area contributed by atoms with Gasteiger partial charge in [0.05, 0.1) is 5.69 Å². The maximum atomic E-state index is 10.3. The molecule has 148 valence electrons. The highest BCUT2D eigenvalue weighted by Gasteiger charge is 2.20. The quantitative estimate of drug-likeness (QED) is 0.340. The van der Waals surface area contributed by atoms with E-state index in [0.717, 1.165) is 27.2 Å². The molecule has 0 radical (unpaired) electrons. The summed E-state index contributed by atoms with van der Waals surface area (Å²) in [5.74, 6) is 1.97. The second kappa shape index (κ2) is 6.85. The Bertz CT molecular complexity index is 1160. The Hall–Kier alpha value is -3.47. The Labute approximate surface area is 170 Å². The Morgan fingerprint density at radius 3 is 2.52 bits per heavy atom. The first-order valence-corrected chi connectivity index (χ1v) is 9.58. The van der Waals surface area contributed by atoms with Gasteiger partial charge < -0.3 is 15.7 Å². The molecule has 2 aliphatic heterocycles. The van der Waals surface area contributed by atoms with Crippen molar-refractivity contribution < 1.29 is 9.94 Å². The SMILES string of the molecule is Cc1cc(-c2cc(N)ccc2Oc2cccc(C(C)(C)C)c2)c2ccnc-2n1O. The summed E-state index contributed by atoms with van der Waals surface area (Å²) < 4.78 is 7.40. The first kappa shape index (κ1) is 18.9. The molecule has 3 N–H and O–H groups in total. The number of ether oxygens (including phenoxy) is 1. The van der Waals surface area contributed by atoms with Crippen LogP contribution < -0.4 is 10.5 Å². The fourth-order valence-electron chi connectivity index (χ4n) is 3.44. The molecule has 2 aromatic rings. The number of aryl methyl sites for hydroxylation is 1. The van der Waals surface area contributed by atoms with Gasteiger partial charge in [0, 0.05) is 23.0 Å². The van der Waals surface area contributed by atoms with Gasteiger partial charge in [0.1, 0.15) is 11.5 Å². The summed E-state index contributed by atoms with van der Waals surface area (Å²) in [5, 5.41) is 10.3. The third kappa shape index (κ3) is 3.51. The summed E-state index contributed by atoms with van der Waals surface area (Å²) in [6.45, 7) is 8.36. The molecule has 0 saturated carbocycles. The molecule has 0 aliphatic carbocycles. The topological polar surface area (TPSA) is 73.3 Å². The van der Waals surface area contributed by atoms with Gasteiger partial charge in [0.25, 0.3) is 0 Å². The first-order chi connectivity index (χ1) is 13.7. The molecule has 0 bridgehead atoms. The maximum absolute atomic E-state index is 10.3. The average molecular weight is 387 g/mol. The van der Waals surface area contributed by atoms with Crippen molar-refractivity contribution in [3.63, 3.8) is 0 Å². The van der Waals surface area contributed by atoms with E-state index in [-0.39, 0.29) is 5.41 Å². The minimum absolute atomic E-state index is 0.0295. The van der Waals surface area contributed by atoms with Crippen LogP contribution >= 0.6 is 0 Å². The van der Waals surface area contributed by atoms with E-state index in [1.54, 1.807) is 6.20 Å².